The van der Waals surface area contributed by atoms with E-state index in [2.05, 4.69) is 10.3 Å². The maximum absolute atomic E-state index is 11.6. The van der Waals surface area contributed by atoms with E-state index in [0.29, 0.717) is 13.1 Å². The van der Waals surface area contributed by atoms with Crippen molar-refractivity contribution in [2.45, 2.75) is 26.8 Å². The van der Waals surface area contributed by atoms with E-state index in [1.807, 2.05) is 19.9 Å². The normalized spacial score (nSPS) is 12.2. The lowest BCUT2D eigenvalue weighted by Gasteiger charge is -2.11. The van der Waals surface area contributed by atoms with Gasteiger partial charge in [-0.05, 0) is 37.1 Å². The number of pyridine rings is 1. The minimum atomic E-state index is -0.0212. The number of nitrogens with zero attached hydrogens (tertiary/aromatic N) is 1. The molecule has 0 saturated carbocycles. The topological polar surface area (TPSA) is 68.0 Å². The average Bonchev–Trinajstić information content (AvgIpc) is 2.28. The number of aryl methyl sites for hydroxylation is 1. The van der Waals surface area contributed by atoms with Crippen LogP contribution in [0.2, 0.25) is 0 Å². The molecule has 88 valence electrons. The summed E-state index contributed by atoms with van der Waals surface area (Å²) in [6.07, 6.45) is 4.25. The van der Waals surface area contributed by atoms with Gasteiger partial charge in [0.2, 0.25) is 5.91 Å². The summed E-state index contributed by atoms with van der Waals surface area (Å²) in [5.74, 6) is 0.0359. The van der Waals surface area contributed by atoms with E-state index in [1.165, 1.54) is 0 Å². The summed E-state index contributed by atoms with van der Waals surface area (Å²) < 4.78 is 0. The largest absolute Gasteiger partial charge is 0.352 e. The molecule has 1 amide bonds. The fourth-order valence-corrected chi connectivity index (χ4v) is 1.44. The second kappa shape index (κ2) is 6.23. The van der Waals surface area contributed by atoms with E-state index in [-0.39, 0.29) is 11.8 Å². The van der Waals surface area contributed by atoms with Crippen LogP contribution in [0.25, 0.3) is 0 Å². The van der Waals surface area contributed by atoms with E-state index >= 15 is 0 Å². The van der Waals surface area contributed by atoms with Crippen LogP contribution in [-0.2, 0) is 11.3 Å². The lowest BCUT2D eigenvalue weighted by Crippen LogP contribution is -2.30. The maximum atomic E-state index is 11.6. The molecule has 0 aliphatic carbocycles. The molecule has 16 heavy (non-hydrogen) atoms. The molecule has 4 nitrogen and oxygen atoms in total. The van der Waals surface area contributed by atoms with Crippen LogP contribution in [0.3, 0.4) is 0 Å². The first kappa shape index (κ1) is 12.6. The van der Waals surface area contributed by atoms with Crippen molar-refractivity contribution >= 4 is 5.91 Å². The Balaban J connectivity index is 2.46. The Morgan fingerprint density at radius 1 is 1.62 bits per heavy atom. The third-order valence-electron chi connectivity index (χ3n) is 2.64. The number of nitrogens with two attached hydrogens (primary N) is 1. The summed E-state index contributed by atoms with van der Waals surface area (Å²) in [6.45, 7) is 4.98. The highest BCUT2D eigenvalue weighted by atomic mass is 16.1. The second-order valence-electron chi connectivity index (χ2n) is 4.00. The predicted molar refractivity (Wildman–Crippen MR) is 63.7 cm³/mol. The first-order valence-corrected chi connectivity index (χ1v) is 5.52. The van der Waals surface area contributed by atoms with Crippen molar-refractivity contribution < 1.29 is 4.79 Å². The Morgan fingerprint density at radius 3 is 3.00 bits per heavy atom. The first-order valence-electron chi connectivity index (χ1n) is 5.52. The van der Waals surface area contributed by atoms with Crippen molar-refractivity contribution in [2.75, 3.05) is 6.54 Å². The molecule has 0 bridgehead atoms. The second-order valence-corrected chi connectivity index (χ2v) is 4.00. The monoisotopic (exact) mass is 221 g/mol. The van der Waals surface area contributed by atoms with Crippen LogP contribution in [0, 0.1) is 12.8 Å². The number of carbonyl (C=O) groups is 1. The number of nitrogens with one attached hydrogen (secondary N) is 1. The van der Waals surface area contributed by atoms with Gasteiger partial charge in [-0.3, -0.25) is 9.78 Å². The molecule has 1 heterocycles. The van der Waals surface area contributed by atoms with Gasteiger partial charge in [-0.1, -0.05) is 6.92 Å². The van der Waals surface area contributed by atoms with Crippen molar-refractivity contribution in [2.24, 2.45) is 11.7 Å². The summed E-state index contributed by atoms with van der Waals surface area (Å²) in [5.41, 5.74) is 7.60. The van der Waals surface area contributed by atoms with Gasteiger partial charge in [0.15, 0.2) is 0 Å². The minimum absolute atomic E-state index is 0.0212. The van der Waals surface area contributed by atoms with E-state index in [0.717, 1.165) is 17.5 Å². The van der Waals surface area contributed by atoms with E-state index < -0.39 is 0 Å². The average molecular weight is 221 g/mol. The van der Waals surface area contributed by atoms with Gasteiger partial charge < -0.3 is 11.1 Å². The predicted octanol–water partition coefficient (Wildman–Crippen LogP) is 0.991. The summed E-state index contributed by atoms with van der Waals surface area (Å²) >= 11 is 0. The highest BCUT2D eigenvalue weighted by Gasteiger charge is 2.11. The standard InChI is InChI=1S/C12H19N3O/c1-9(3-5-13)12(16)15-8-11-4-6-14-7-10(11)2/h4,6-7,9H,3,5,8,13H2,1-2H3,(H,15,16). The van der Waals surface area contributed by atoms with Crippen molar-refractivity contribution in [3.8, 4) is 0 Å². The molecule has 0 saturated heterocycles. The molecule has 1 unspecified atom stereocenters. The van der Waals surface area contributed by atoms with Gasteiger partial charge in [-0.25, -0.2) is 0 Å². The zero-order valence-corrected chi connectivity index (χ0v) is 9.86. The summed E-state index contributed by atoms with van der Waals surface area (Å²) in [6, 6.07) is 1.92. The number of hydrogen-bond acceptors (Lipinski definition) is 3. The minimum Gasteiger partial charge on any atom is -0.352 e. The summed E-state index contributed by atoms with van der Waals surface area (Å²) in [5, 5.41) is 2.90. The van der Waals surface area contributed by atoms with Crippen molar-refractivity contribution in [1.82, 2.24) is 10.3 Å². The molecule has 3 N–H and O–H groups in total. The van der Waals surface area contributed by atoms with Crippen LogP contribution in [0.15, 0.2) is 18.5 Å². The number of hydrogen-bond donors (Lipinski definition) is 2. The molecule has 1 aromatic rings. The van der Waals surface area contributed by atoms with Gasteiger partial charge in [-0.2, -0.15) is 0 Å². The smallest absolute Gasteiger partial charge is 0.223 e. The molecule has 0 aliphatic rings. The van der Waals surface area contributed by atoms with Crippen LogP contribution in [0.5, 0.6) is 0 Å². The van der Waals surface area contributed by atoms with Gasteiger partial charge in [-0.15, -0.1) is 0 Å². The third kappa shape index (κ3) is 3.62. The maximum Gasteiger partial charge on any atom is 0.223 e. The van der Waals surface area contributed by atoms with Crippen molar-refractivity contribution in [1.29, 1.82) is 0 Å². The number of aromatic nitrogens is 1. The van der Waals surface area contributed by atoms with Crippen molar-refractivity contribution in [3.05, 3.63) is 29.6 Å². The highest BCUT2D eigenvalue weighted by Crippen LogP contribution is 2.05. The van der Waals surface area contributed by atoms with Crippen LogP contribution in [-0.4, -0.2) is 17.4 Å². The molecule has 0 fully saturated rings. The Labute approximate surface area is 96.3 Å². The molecule has 1 atom stereocenters. The molecule has 0 spiro atoms. The fraction of sp³-hybridized carbons (Fsp3) is 0.500. The summed E-state index contributed by atoms with van der Waals surface area (Å²) in [7, 11) is 0. The third-order valence-corrected chi connectivity index (χ3v) is 2.64. The van der Waals surface area contributed by atoms with Gasteiger partial charge >= 0.3 is 0 Å². The highest BCUT2D eigenvalue weighted by molar-refractivity contribution is 5.78. The molecule has 1 rings (SSSR count). The Hall–Kier alpha value is -1.42. The van der Waals surface area contributed by atoms with E-state index in [9.17, 15) is 4.79 Å². The van der Waals surface area contributed by atoms with Crippen LogP contribution < -0.4 is 11.1 Å². The number of amides is 1. The van der Waals surface area contributed by atoms with Gasteiger partial charge in [0.1, 0.15) is 0 Å². The number of rotatable bonds is 5. The Bertz CT molecular complexity index is 352. The molecule has 1 aromatic heterocycles. The SMILES string of the molecule is Cc1cnccc1CNC(=O)C(C)CCN. The van der Waals surface area contributed by atoms with Gasteiger partial charge in [0.05, 0.1) is 0 Å². The first-order chi connectivity index (χ1) is 7.65. The molecule has 0 aromatic carbocycles. The fourth-order valence-electron chi connectivity index (χ4n) is 1.44. The van der Waals surface area contributed by atoms with Gasteiger partial charge in [0.25, 0.3) is 0 Å². The van der Waals surface area contributed by atoms with Crippen LogP contribution >= 0.6 is 0 Å². The lowest BCUT2D eigenvalue weighted by molar-refractivity contribution is -0.124. The number of carbonyl (C=O) groups excluding carboxylic acids is 1. The van der Waals surface area contributed by atoms with Crippen LogP contribution in [0.1, 0.15) is 24.5 Å². The zero-order chi connectivity index (χ0) is 12.0. The molecule has 4 heteroatoms. The Kier molecular flexibility index (Phi) is 4.92. The molecular weight excluding hydrogens is 202 g/mol. The van der Waals surface area contributed by atoms with Crippen molar-refractivity contribution in [3.63, 3.8) is 0 Å². The lowest BCUT2D eigenvalue weighted by atomic mass is 10.1. The van der Waals surface area contributed by atoms with Gasteiger partial charge in [0, 0.05) is 24.9 Å². The zero-order valence-electron chi connectivity index (χ0n) is 9.86. The summed E-state index contributed by atoms with van der Waals surface area (Å²) in [4.78, 5) is 15.6. The Morgan fingerprint density at radius 2 is 2.38 bits per heavy atom. The van der Waals surface area contributed by atoms with E-state index in [1.54, 1.807) is 12.4 Å². The molecule has 0 aliphatic heterocycles. The quantitative estimate of drug-likeness (QED) is 0.779. The molecular formula is C12H19N3O. The molecule has 0 radical (unpaired) electrons. The van der Waals surface area contributed by atoms with E-state index in [4.69, 9.17) is 5.73 Å². The van der Waals surface area contributed by atoms with Crippen LogP contribution in [0.4, 0.5) is 0 Å².